The van der Waals surface area contributed by atoms with E-state index >= 15 is 0 Å². The molecule has 184 valence electrons. The normalized spacial score (nSPS) is 47.2. The van der Waals surface area contributed by atoms with Crippen LogP contribution in [0.15, 0.2) is 0 Å². The van der Waals surface area contributed by atoms with Gasteiger partial charge in [-0.15, -0.1) is 0 Å². The second kappa shape index (κ2) is 8.53. The summed E-state index contributed by atoms with van der Waals surface area (Å²) < 4.78 is 27.8. The molecule has 4 rings (SSSR count). The van der Waals surface area contributed by atoms with Crippen molar-refractivity contribution < 1.29 is 23.4 Å². The molecule has 4 aliphatic rings. The van der Waals surface area contributed by atoms with Gasteiger partial charge in [0.25, 0.3) is 0 Å². The fraction of sp³-hybridized carbons (Fsp3) is 0.960. The lowest BCUT2D eigenvalue weighted by molar-refractivity contribution is -0.140. The van der Waals surface area contributed by atoms with Gasteiger partial charge in [-0.3, -0.25) is 4.79 Å². The lowest BCUT2D eigenvalue weighted by Crippen LogP contribution is -2.62. The maximum atomic E-state index is 12.4. The fourth-order valence-electron chi connectivity index (χ4n) is 9.17. The number of carboxylic acid groups (broad SMARTS) is 1. The summed E-state index contributed by atoms with van der Waals surface area (Å²) in [7, 11) is -3.32. The zero-order valence-electron chi connectivity index (χ0n) is 20.2. The summed E-state index contributed by atoms with van der Waals surface area (Å²) in [5.41, 5.74) is 0.321. The van der Waals surface area contributed by atoms with Crippen molar-refractivity contribution in [1.82, 2.24) is 4.72 Å². The Morgan fingerprint density at radius 3 is 2.38 bits per heavy atom. The van der Waals surface area contributed by atoms with E-state index in [1.165, 1.54) is 6.26 Å². The molecule has 4 aliphatic carbocycles. The van der Waals surface area contributed by atoms with Gasteiger partial charge in [0.2, 0.25) is 10.0 Å². The van der Waals surface area contributed by atoms with Crippen molar-refractivity contribution in [2.24, 2.45) is 46.3 Å². The van der Waals surface area contributed by atoms with Crippen LogP contribution in [0.2, 0.25) is 0 Å². The van der Waals surface area contributed by atoms with Crippen LogP contribution in [-0.4, -0.2) is 43.0 Å². The van der Waals surface area contributed by atoms with Crippen LogP contribution in [0.4, 0.5) is 0 Å². The molecule has 0 amide bonds. The highest BCUT2D eigenvalue weighted by molar-refractivity contribution is 7.88. The first kappa shape index (κ1) is 24.5. The number of nitrogens with one attached hydrogen (secondary N) is 1. The van der Waals surface area contributed by atoms with Gasteiger partial charge in [-0.1, -0.05) is 20.8 Å². The predicted octanol–water partition coefficient (Wildman–Crippen LogP) is 4.03. The number of aliphatic carboxylic acids is 1. The van der Waals surface area contributed by atoms with Gasteiger partial charge in [-0.2, -0.15) is 0 Å². The van der Waals surface area contributed by atoms with E-state index < -0.39 is 16.0 Å². The number of aliphatic hydroxyl groups excluding tert-OH is 1. The van der Waals surface area contributed by atoms with E-state index in [0.29, 0.717) is 35.5 Å². The second-order valence-corrected chi connectivity index (χ2v) is 14.1. The Balaban J connectivity index is 1.64. The first-order valence-electron chi connectivity index (χ1n) is 12.7. The monoisotopic (exact) mass is 469 g/mol. The van der Waals surface area contributed by atoms with E-state index in [1.807, 2.05) is 0 Å². The number of rotatable bonds is 6. The van der Waals surface area contributed by atoms with E-state index in [-0.39, 0.29) is 29.4 Å². The molecule has 0 aromatic carbocycles. The maximum Gasteiger partial charge on any atom is 0.303 e. The third-order valence-corrected chi connectivity index (χ3v) is 11.4. The van der Waals surface area contributed by atoms with E-state index in [9.17, 15) is 23.4 Å². The quantitative estimate of drug-likeness (QED) is 0.545. The summed E-state index contributed by atoms with van der Waals surface area (Å²) in [6, 6.07) is -0.0592. The summed E-state index contributed by atoms with van der Waals surface area (Å²) >= 11 is 0. The average Bonchev–Trinajstić information content (AvgIpc) is 3.03. The second-order valence-electron chi connectivity index (χ2n) is 12.3. The SMILES string of the molecule is C[C@H](CCC(=O)O)[C@H]1CCC2[C@H]3C(CC[C@@]21C)[C@@]1(C)CC[C@@H](O)C[C@H]1C[C@@H]3NS(C)(=O)=O. The molecule has 0 bridgehead atoms. The molecule has 0 saturated heterocycles. The zero-order valence-corrected chi connectivity index (χ0v) is 21.0. The summed E-state index contributed by atoms with van der Waals surface area (Å²) in [5.74, 6) is 1.81. The summed E-state index contributed by atoms with van der Waals surface area (Å²) in [4.78, 5) is 11.2. The number of sulfonamides is 1. The summed E-state index contributed by atoms with van der Waals surface area (Å²) in [6.45, 7) is 7.06. The van der Waals surface area contributed by atoms with Crippen LogP contribution in [-0.2, 0) is 14.8 Å². The van der Waals surface area contributed by atoms with Gasteiger partial charge >= 0.3 is 5.97 Å². The highest BCUT2D eigenvalue weighted by atomic mass is 32.2. The van der Waals surface area contributed by atoms with Crippen LogP contribution in [0, 0.1) is 46.3 Å². The van der Waals surface area contributed by atoms with Crippen LogP contribution in [0.1, 0.15) is 85.0 Å². The van der Waals surface area contributed by atoms with Crippen LogP contribution in [0.25, 0.3) is 0 Å². The highest BCUT2D eigenvalue weighted by Crippen LogP contribution is 2.68. The van der Waals surface area contributed by atoms with E-state index in [4.69, 9.17) is 0 Å². The van der Waals surface area contributed by atoms with Gasteiger partial charge in [-0.25, -0.2) is 13.1 Å². The molecule has 4 fully saturated rings. The van der Waals surface area contributed by atoms with E-state index in [0.717, 1.165) is 57.8 Å². The van der Waals surface area contributed by atoms with Crippen molar-refractivity contribution in [1.29, 1.82) is 0 Å². The van der Waals surface area contributed by atoms with Crippen LogP contribution >= 0.6 is 0 Å². The van der Waals surface area contributed by atoms with Crippen molar-refractivity contribution in [3.8, 4) is 0 Å². The third kappa shape index (κ3) is 4.26. The number of hydrogen-bond acceptors (Lipinski definition) is 4. The minimum Gasteiger partial charge on any atom is -0.481 e. The molecule has 2 unspecified atom stereocenters. The third-order valence-electron chi connectivity index (χ3n) is 10.6. The standard InChI is InChI=1S/C25H43NO5S/c1-15(5-8-22(28)29)18-6-7-19-23-20(10-12-25(18,19)3)24(2)11-9-17(27)13-16(24)14-21(23)26-32(4,30)31/h15-21,23,26-27H,5-14H2,1-4H3,(H,28,29)/t15-,16+,17-,18-,19?,20?,21+,23+,24+,25-/m1/s1. The van der Waals surface area contributed by atoms with Crippen LogP contribution in [0.3, 0.4) is 0 Å². The molecule has 6 nitrogen and oxygen atoms in total. The Morgan fingerprint density at radius 2 is 1.72 bits per heavy atom. The molecule has 0 aromatic rings. The van der Waals surface area contributed by atoms with Crippen molar-refractivity contribution in [3.05, 3.63) is 0 Å². The van der Waals surface area contributed by atoms with Crippen molar-refractivity contribution >= 4 is 16.0 Å². The number of hydrogen-bond donors (Lipinski definition) is 3. The molecule has 0 spiro atoms. The fourth-order valence-corrected chi connectivity index (χ4v) is 9.97. The zero-order chi connectivity index (χ0) is 23.5. The van der Waals surface area contributed by atoms with Crippen molar-refractivity contribution in [2.45, 2.75) is 97.1 Å². The Kier molecular flexibility index (Phi) is 6.52. The number of fused-ring (bicyclic) bond motifs is 5. The maximum absolute atomic E-state index is 12.4. The number of carbonyl (C=O) groups is 1. The molecule has 32 heavy (non-hydrogen) atoms. The topological polar surface area (TPSA) is 104 Å². The van der Waals surface area contributed by atoms with Gasteiger partial charge in [0.1, 0.15) is 0 Å². The largest absolute Gasteiger partial charge is 0.481 e. The molecular formula is C25H43NO5S. The Labute approximate surface area is 194 Å². The Morgan fingerprint density at radius 1 is 1.06 bits per heavy atom. The Hall–Kier alpha value is -0.660. The van der Waals surface area contributed by atoms with Gasteiger partial charge in [0.15, 0.2) is 0 Å². The molecule has 0 aromatic heterocycles. The molecule has 0 heterocycles. The molecule has 0 aliphatic heterocycles. The lowest BCUT2D eigenvalue weighted by atomic mass is 9.43. The number of aliphatic hydroxyl groups is 1. The van der Waals surface area contributed by atoms with Gasteiger partial charge in [0, 0.05) is 12.5 Å². The average molecular weight is 470 g/mol. The molecule has 0 radical (unpaired) electrons. The van der Waals surface area contributed by atoms with E-state index in [2.05, 4.69) is 25.5 Å². The predicted molar refractivity (Wildman–Crippen MR) is 124 cm³/mol. The van der Waals surface area contributed by atoms with Crippen LogP contribution in [0.5, 0.6) is 0 Å². The Bertz CT molecular complexity index is 830. The first-order chi connectivity index (χ1) is 14.8. The lowest BCUT2D eigenvalue weighted by Gasteiger charge is -2.63. The minimum absolute atomic E-state index is 0.0592. The van der Waals surface area contributed by atoms with Gasteiger partial charge < -0.3 is 10.2 Å². The molecule has 7 heteroatoms. The molecule has 4 saturated carbocycles. The highest BCUT2D eigenvalue weighted by Gasteiger charge is 2.63. The van der Waals surface area contributed by atoms with Crippen molar-refractivity contribution in [2.75, 3.05) is 6.26 Å². The molecule has 10 atom stereocenters. The minimum atomic E-state index is -3.32. The van der Waals surface area contributed by atoms with Crippen LogP contribution < -0.4 is 4.72 Å². The van der Waals surface area contributed by atoms with Gasteiger partial charge in [0.05, 0.1) is 12.4 Å². The van der Waals surface area contributed by atoms with E-state index in [1.54, 1.807) is 0 Å². The first-order valence-corrected chi connectivity index (χ1v) is 14.6. The smallest absolute Gasteiger partial charge is 0.303 e. The molecule has 3 N–H and O–H groups in total. The number of carboxylic acids is 1. The summed E-state index contributed by atoms with van der Waals surface area (Å²) in [5, 5.41) is 19.5. The summed E-state index contributed by atoms with van der Waals surface area (Å²) in [6.07, 6.45) is 9.98. The van der Waals surface area contributed by atoms with Gasteiger partial charge in [-0.05, 0) is 104 Å². The molecular weight excluding hydrogens is 426 g/mol. The van der Waals surface area contributed by atoms with Crippen molar-refractivity contribution in [3.63, 3.8) is 0 Å².